The SMILES string of the molecule is CC1(Oc2ccc(O)cc2)N=C2C=NC=CN2C1=O. The van der Waals surface area contributed by atoms with Crippen molar-refractivity contribution < 1.29 is 14.6 Å². The predicted molar refractivity (Wildman–Crippen MR) is 69.1 cm³/mol. The molecule has 2 heterocycles. The largest absolute Gasteiger partial charge is 0.508 e. The molecule has 1 amide bonds. The maximum atomic E-state index is 12.3. The average Bonchev–Trinajstić information content (AvgIpc) is 2.65. The molecular formula is C13H11N3O3. The smallest absolute Gasteiger partial charge is 0.299 e. The quantitative estimate of drug-likeness (QED) is 0.867. The van der Waals surface area contributed by atoms with Crippen LogP contribution in [-0.4, -0.2) is 33.7 Å². The van der Waals surface area contributed by atoms with E-state index in [0.717, 1.165) is 0 Å². The molecule has 19 heavy (non-hydrogen) atoms. The number of hydrogen-bond acceptors (Lipinski definition) is 5. The van der Waals surface area contributed by atoms with Crippen molar-refractivity contribution in [2.75, 3.05) is 0 Å². The van der Waals surface area contributed by atoms with E-state index in [1.54, 1.807) is 25.3 Å². The highest BCUT2D eigenvalue weighted by Crippen LogP contribution is 2.28. The van der Waals surface area contributed by atoms with Crippen LogP contribution in [0, 0.1) is 0 Å². The Hall–Kier alpha value is -2.63. The number of fused-ring (bicyclic) bond motifs is 1. The summed E-state index contributed by atoms with van der Waals surface area (Å²) < 4.78 is 5.64. The van der Waals surface area contributed by atoms with Gasteiger partial charge in [0.05, 0.1) is 6.21 Å². The molecule has 0 radical (unpaired) electrons. The Labute approximate surface area is 109 Å². The monoisotopic (exact) mass is 257 g/mol. The number of carbonyl (C=O) groups excluding carboxylic acids is 1. The minimum absolute atomic E-state index is 0.133. The summed E-state index contributed by atoms with van der Waals surface area (Å²) >= 11 is 0. The molecule has 96 valence electrons. The maximum Gasteiger partial charge on any atom is 0.299 e. The van der Waals surface area contributed by atoms with Crippen LogP contribution in [0.5, 0.6) is 11.5 Å². The standard InChI is InChI=1S/C13H11N3O3/c1-13(19-10-4-2-9(17)3-5-10)12(18)16-7-6-14-8-11(16)15-13/h2-8,17H,1H3. The van der Waals surface area contributed by atoms with Gasteiger partial charge in [0.25, 0.3) is 11.6 Å². The van der Waals surface area contributed by atoms with Crippen molar-refractivity contribution in [2.45, 2.75) is 12.6 Å². The molecule has 6 nitrogen and oxygen atoms in total. The third kappa shape index (κ3) is 1.87. The zero-order valence-corrected chi connectivity index (χ0v) is 10.1. The van der Waals surface area contributed by atoms with Gasteiger partial charge in [0.15, 0.2) is 5.84 Å². The van der Waals surface area contributed by atoms with E-state index in [4.69, 9.17) is 4.74 Å². The molecule has 1 aromatic carbocycles. The lowest BCUT2D eigenvalue weighted by Gasteiger charge is -2.22. The molecule has 0 aromatic heterocycles. The number of hydrogen-bond donors (Lipinski definition) is 1. The third-order valence-electron chi connectivity index (χ3n) is 2.84. The first-order chi connectivity index (χ1) is 9.08. The van der Waals surface area contributed by atoms with Gasteiger partial charge in [-0.15, -0.1) is 0 Å². The van der Waals surface area contributed by atoms with Gasteiger partial charge in [-0.05, 0) is 24.3 Å². The number of aromatic hydroxyl groups is 1. The molecule has 0 aliphatic carbocycles. The Morgan fingerprint density at radius 3 is 2.74 bits per heavy atom. The van der Waals surface area contributed by atoms with Gasteiger partial charge in [-0.1, -0.05) is 0 Å². The van der Waals surface area contributed by atoms with Crippen LogP contribution in [0.2, 0.25) is 0 Å². The van der Waals surface area contributed by atoms with Crippen LogP contribution in [0.4, 0.5) is 0 Å². The zero-order valence-electron chi connectivity index (χ0n) is 10.1. The fourth-order valence-corrected chi connectivity index (χ4v) is 1.91. The average molecular weight is 257 g/mol. The highest BCUT2D eigenvalue weighted by atomic mass is 16.5. The summed E-state index contributed by atoms with van der Waals surface area (Å²) in [4.78, 5) is 21.8. The molecule has 6 heteroatoms. The van der Waals surface area contributed by atoms with Crippen LogP contribution in [-0.2, 0) is 4.79 Å². The first kappa shape index (κ1) is 11.5. The normalized spacial score (nSPS) is 24.4. The van der Waals surface area contributed by atoms with Crippen LogP contribution in [0.1, 0.15) is 6.92 Å². The number of nitrogens with zero attached hydrogens (tertiary/aromatic N) is 3. The molecule has 2 aliphatic heterocycles. The summed E-state index contributed by atoms with van der Waals surface area (Å²) in [7, 11) is 0. The number of benzene rings is 1. The Bertz CT molecular complexity index is 619. The van der Waals surface area contributed by atoms with Gasteiger partial charge < -0.3 is 9.84 Å². The molecule has 1 N–H and O–H groups in total. The Morgan fingerprint density at radius 1 is 1.32 bits per heavy atom. The fraction of sp³-hybridized carbons (Fsp3) is 0.154. The highest BCUT2D eigenvalue weighted by molar-refractivity contribution is 6.36. The van der Waals surface area contributed by atoms with E-state index in [-0.39, 0.29) is 11.7 Å². The van der Waals surface area contributed by atoms with Gasteiger partial charge in [-0.2, -0.15) is 0 Å². The van der Waals surface area contributed by atoms with Gasteiger partial charge in [-0.25, -0.2) is 4.99 Å². The van der Waals surface area contributed by atoms with Gasteiger partial charge in [0, 0.05) is 19.3 Å². The van der Waals surface area contributed by atoms with Crippen LogP contribution in [0.25, 0.3) is 0 Å². The summed E-state index contributed by atoms with van der Waals surface area (Å²) in [6, 6.07) is 6.13. The van der Waals surface area contributed by atoms with Crippen LogP contribution in [0.15, 0.2) is 46.7 Å². The summed E-state index contributed by atoms with van der Waals surface area (Å²) in [6.45, 7) is 1.59. The van der Waals surface area contributed by atoms with Gasteiger partial charge >= 0.3 is 0 Å². The minimum atomic E-state index is -1.31. The van der Waals surface area contributed by atoms with E-state index >= 15 is 0 Å². The Balaban J connectivity index is 1.90. The molecule has 0 bridgehead atoms. The lowest BCUT2D eigenvalue weighted by Crippen LogP contribution is -2.42. The second kappa shape index (κ2) is 3.94. The topological polar surface area (TPSA) is 74.5 Å². The summed E-state index contributed by atoms with van der Waals surface area (Å²) in [5.74, 6) is 0.763. The molecule has 2 aliphatic rings. The number of amides is 1. The molecule has 0 saturated carbocycles. The van der Waals surface area contributed by atoms with Gasteiger partial charge in [0.1, 0.15) is 11.5 Å². The second-order valence-corrected chi connectivity index (χ2v) is 4.30. The third-order valence-corrected chi connectivity index (χ3v) is 2.84. The van der Waals surface area contributed by atoms with Crippen molar-refractivity contribution >= 4 is 18.0 Å². The lowest BCUT2D eigenvalue weighted by atomic mass is 10.2. The van der Waals surface area contributed by atoms with Crippen LogP contribution in [0.3, 0.4) is 0 Å². The zero-order chi connectivity index (χ0) is 13.5. The number of phenols is 1. The lowest BCUT2D eigenvalue weighted by molar-refractivity contribution is -0.137. The number of phenolic OH excluding ortho intramolecular Hbond substituents is 1. The van der Waals surface area contributed by atoms with Gasteiger partial charge in [-0.3, -0.25) is 14.7 Å². The molecule has 0 spiro atoms. The second-order valence-electron chi connectivity index (χ2n) is 4.30. The van der Waals surface area contributed by atoms with Crippen molar-refractivity contribution in [2.24, 2.45) is 9.98 Å². The van der Waals surface area contributed by atoms with E-state index < -0.39 is 5.72 Å². The van der Waals surface area contributed by atoms with Crippen LogP contribution < -0.4 is 4.74 Å². The van der Waals surface area contributed by atoms with E-state index in [0.29, 0.717) is 11.6 Å². The van der Waals surface area contributed by atoms with Crippen molar-refractivity contribution in [1.29, 1.82) is 0 Å². The molecule has 3 rings (SSSR count). The number of amidine groups is 1. The predicted octanol–water partition coefficient (Wildman–Crippen LogP) is 1.28. The van der Waals surface area contributed by atoms with Crippen molar-refractivity contribution in [3.63, 3.8) is 0 Å². The minimum Gasteiger partial charge on any atom is -0.508 e. The molecule has 1 aromatic rings. The molecular weight excluding hydrogens is 246 g/mol. The summed E-state index contributed by atoms with van der Waals surface area (Å²) in [5.41, 5.74) is -1.31. The van der Waals surface area contributed by atoms with E-state index in [1.165, 1.54) is 29.4 Å². The molecule has 1 unspecified atom stereocenters. The molecule has 1 atom stereocenters. The highest BCUT2D eigenvalue weighted by Gasteiger charge is 2.46. The van der Waals surface area contributed by atoms with Crippen LogP contribution >= 0.6 is 0 Å². The van der Waals surface area contributed by atoms with E-state index in [9.17, 15) is 9.90 Å². The Morgan fingerprint density at radius 2 is 2.05 bits per heavy atom. The fourth-order valence-electron chi connectivity index (χ4n) is 1.91. The number of ether oxygens (including phenoxy) is 1. The van der Waals surface area contributed by atoms with Crippen molar-refractivity contribution in [3.8, 4) is 11.5 Å². The Kier molecular flexibility index (Phi) is 2.38. The van der Waals surface area contributed by atoms with E-state index in [1.807, 2.05) is 0 Å². The number of rotatable bonds is 2. The van der Waals surface area contributed by atoms with E-state index in [2.05, 4.69) is 9.98 Å². The van der Waals surface area contributed by atoms with Crippen molar-refractivity contribution in [1.82, 2.24) is 4.90 Å². The summed E-state index contributed by atoms with van der Waals surface area (Å²) in [5, 5.41) is 9.22. The summed E-state index contributed by atoms with van der Waals surface area (Å²) in [6.07, 6.45) is 4.57. The number of carbonyl (C=O) groups is 1. The molecule has 0 saturated heterocycles. The van der Waals surface area contributed by atoms with Gasteiger partial charge in [0.2, 0.25) is 0 Å². The molecule has 0 fully saturated rings. The first-order valence-electron chi connectivity index (χ1n) is 5.70. The number of aliphatic imine (C=N–C) groups is 2. The maximum absolute atomic E-state index is 12.3. The first-order valence-corrected chi connectivity index (χ1v) is 5.70. The van der Waals surface area contributed by atoms with Crippen molar-refractivity contribution in [3.05, 3.63) is 36.7 Å².